The first-order chi connectivity index (χ1) is 9.12. The molecule has 0 aliphatic heterocycles. The maximum atomic E-state index is 10.4. The van der Waals surface area contributed by atoms with Crippen LogP contribution in [0.4, 0.5) is 0 Å². The van der Waals surface area contributed by atoms with Crippen molar-refractivity contribution in [3.05, 3.63) is 18.0 Å². The fraction of sp³-hybridized carbons (Fsp3) is 0.800. The number of aromatic nitrogens is 2. The van der Waals surface area contributed by atoms with Crippen LogP contribution in [-0.2, 0) is 6.42 Å². The summed E-state index contributed by atoms with van der Waals surface area (Å²) in [5.41, 5.74) is 0.312. The molecule has 1 unspecified atom stereocenters. The number of hydrogen-bond donors (Lipinski definition) is 2. The lowest BCUT2D eigenvalue weighted by Gasteiger charge is -2.22. The first kappa shape index (κ1) is 13.1. The van der Waals surface area contributed by atoms with Gasteiger partial charge in [0.2, 0.25) is 0 Å². The molecule has 0 spiro atoms. The van der Waals surface area contributed by atoms with Gasteiger partial charge < -0.3 is 10.4 Å². The molecule has 2 N–H and O–H groups in total. The Morgan fingerprint density at radius 2 is 2.11 bits per heavy atom. The van der Waals surface area contributed by atoms with Crippen LogP contribution < -0.4 is 5.32 Å². The van der Waals surface area contributed by atoms with Crippen molar-refractivity contribution in [3.8, 4) is 0 Å². The number of rotatable bonds is 6. The zero-order valence-corrected chi connectivity index (χ0v) is 11.8. The van der Waals surface area contributed by atoms with E-state index in [0.717, 1.165) is 5.69 Å². The van der Waals surface area contributed by atoms with Crippen LogP contribution >= 0.6 is 0 Å². The van der Waals surface area contributed by atoms with E-state index >= 15 is 0 Å². The molecule has 0 amide bonds. The largest absolute Gasteiger partial charge is 0.388 e. The fourth-order valence-electron chi connectivity index (χ4n) is 2.95. The van der Waals surface area contributed by atoms with Gasteiger partial charge in [0.05, 0.1) is 17.3 Å². The van der Waals surface area contributed by atoms with Crippen molar-refractivity contribution >= 4 is 0 Å². The van der Waals surface area contributed by atoms with Crippen molar-refractivity contribution in [2.45, 2.75) is 69.6 Å². The lowest BCUT2D eigenvalue weighted by molar-refractivity contribution is 0.0585. The zero-order chi connectivity index (χ0) is 13.3. The van der Waals surface area contributed by atoms with Gasteiger partial charge in [-0.2, -0.15) is 5.10 Å². The summed E-state index contributed by atoms with van der Waals surface area (Å²) >= 11 is 0. The Hall–Kier alpha value is -0.870. The average Bonchev–Trinajstić information content (AvgIpc) is 2.85. The second-order valence-corrected chi connectivity index (χ2v) is 6.55. The van der Waals surface area contributed by atoms with Crippen LogP contribution in [0.3, 0.4) is 0 Å². The van der Waals surface area contributed by atoms with Gasteiger partial charge >= 0.3 is 0 Å². The molecule has 0 bridgehead atoms. The summed E-state index contributed by atoms with van der Waals surface area (Å²) in [4.78, 5) is 0. The summed E-state index contributed by atoms with van der Waals surface area (Å²) in [5.74, 6) is 0. The Morgan fingerprint density at radius 1 is 1.37 bits per heavy atom. The predicted octanol–water partition coefficient (Wildman–Crippen LogP) is 2.04. The number of aliphatic hydroxyl groups is 1. The highest BCUT2D eigenvalue weighted by molar-refractivity contribution is 5.05. The van der Waals surface area contributed by atoms with Crippen LogP contribution in [0, 0.1) is 0 Å². The van der Waals surface area contributed by atoms with Crippen molar-refractivity contribution in [2.75, 3.05) is 6.54 Å². The molecule has 1 heterocycles. The number of nitrogens with zero attached hydrogens (tertiary/aromatic N) is 2. The Labute approximate surface area is 115 Å². The second-order valence-electron chi connectivity index (χ2n) is 6.55. The van der Waals surface area contributed by atoms with Crippen molar-refractivity contribution < 1.29 is 5.11 Å². The molecule has 19 heavy (non-hydrogen) atoms. The Morgan fingerprint density at radius 3 is 2.79 bits per heavy atom. The van der Waals surface area contributed by atoms with Gasteiger partial charge in [-0.15, -0.1) is 0 Å². The maximum absolute atomic E-state index is 10.4. The quantitative estimate of drug-likeness (QED) is 0.826. The molecule has 0 aromatic carbocycles. The van der Waals surface area contributed by atoms with E-state index in [1.165, 1.54) is 38.5 Å². The summed E-state index contributed by atoms with van der Waals surface area (Å²) < 4.78 is 2.10. The number of nitrogens with one attached hydrogen (secondary N) is 1. The normalized spacial score (nSPS) is 23.7. The maximum Gasteiger partial charge on any atom is 0.0799 e. The SMILES string of the molecule is CC(O)(CNC1CC1)Cc1ccn(C2CCCC2)n1. The van der Waals surface area contributed by atoms with E-state index in [1.807, 2.05) is 6.92 Å². The molecule has 4 nitrogen and oxygen atoms in total. The molecule has 3 rings (SSSR count). The van der Waals surface area contributed by atoms with Crippen LogP contribution in [0.15, 0.2) is 12.3 Å². The first-order valence-corrected chi connectivity index (χ1v) is 7.62. The van der Waals surface area contributed by atoms with Gasteiger partial charge in [0.1, 0.15) is 0 Å². The molecular formula is C15H25N3O. The van der Waals surface area contributed by atoms with Crippen molar-refractivity contribution in [1.82, 2.24) is 15.1 Å². The van der Waals surface area contributed by atoms with E-state index in [4.69, 9.17) is 0 Å². The van der Waals surface area contributed by atoms with E-state index in [0.29, 0.717) is 25.0 Å². The fourth-order valence-corrected chi connectivity index (χ4v) is 2.95. The summed E-state index contributed by atoms with van der Waals surface area (Å²) in [6.45, 7) is 2.56. The molecule has 106 valence electrons. The van der Waals surface area contributed by atoms with Crippen molar-refractivity contribution in [2.24, 2.45) is 0 Å². The van der Waals surface area contributed by atoms with E-state index in [1.54, 1.807) is 0 Å². The van der Waals surface area contributed by atoms with Crippen LogP contribution in [0.25, 0.3) is 0 Å². The van der Waals surface area contributed by atoms with Crippen molar-refractivity contribution in [1.29, 1.82) is 0 Å². The van der Waals surface area contributed by atoms with Gasteiger partial charge in [0.25, 0.3) is 0 Å². The highest BCUT2D eigenvalue weighted by atomic mass is 16.3. The topological polar surface area (TPSA) is 50.1 Å². The van der Waals surface area contributed by atoms with Gasteiger partial charge in [0.15, 0.2) is 0 Å². The minimum absolute atomic E-state index is 0.586. The number of hydrogen-bond acceptors (Lipinski definition) is 3. The van der Waals surface area contributed by atoms with E-state index in [-0.39, 0.29) is 0 Å². The molecule has 0 saturated heterocycles. The molecule has 1 atom stereocenters. The standard InChI is InChI=1S/C15H25N3O/c1-15(19,11-16-12-6-7-12)10-13-8-9-18(17-13)14-4-2-3-5-14/h8-9,12,14,16,19H,2-7,10-11H2,1H3. The van der Waals surface area contributed by atoms with Gasteiger partial charge in [-0.1, -0.05) is 12.8 Å². The molecular weight excluding hydrogens is 238 g/mol. The monoisotopic (exact) mass is 263 g/mol. The van der Waals surface area contributed by atoms with Gasteiger partial charge in [-0.25, -0.2) is 0 Å². The molecule has 2 saturated carbocycles. The van der Waals surface area contributed by atoms with Crippen LogP contribution in [0.2, 0.25) is 0 Å². The third-order valence-electron chi connectivity index (χ3n) is 4.27. The van der Waals surface area contributed by atoms with Crippen LogP contribution in [0.5, 0.6) is 0 Å². The lowest BCUT2D eigenvalue weighted by Crippen LogP contribution is -2.40. The molecule has 2 fully saturated rings. The van der Waals surface area contributed by atoms with Gasteiger partial charge in [-0.3, -0.25) is 4.68 Å². The Bertz CT molecular complexity index is 417. The molecule has 1 aromatic heterocycles. The molecule has 4 heteroatoms. The average molecular weight is 263 g/mol. The minimum atomic E-state index is -0.697. The Kier molecular flexibility index (Phi) is 3.63. The highest BCUT2D eigenvalue weighted by Gasteiger charge is 2.27. The smallest absolute Gasteiger partial charge is 0.0799 e. The molecule has 2 aliphatic rings. The van der Waals surface area contributed by atoms with Crippen LogP contribution in [-0.4, -0.2) is 33.1 Å². The molecule has 2 aliphatic carbocycles. The van der Waals surface area contributed by atoms with Gasteiger partial charge in [-0.05, 0) is 38.7 Å². The van der Waals surface area contributed by atoms with Crippen LogP contribution in [0.1, 0.15) is 57.2 Å². The van der Waals surface area contributed by atoms with E-state index in [9.17, 15) is 5.11 Å². The third kappa shape index (κ3) is 3.57. The summed E-state index contributed by atoms with van der Waals surface area (Å²) in [6.07, 6.45) is 10.4. The van der Waals surface area contributed by atoms with E-state index in [2.05, 4.69) is 27.4 Å². The van der Waals surface area contributed by atoms with Gasteiger partial charge in [0, 0.05) is 25.2 Å². The molecule has 0 radical (unpaired) electrons. The summed E-state index contributed by atoms with van der Waals surface area (Å²) in [7, 11) is 0. The Balaban J connectivity index is 1.55. The van der Waals surface area contributed by atoms with E-state index < -0.39 is 5.60 Å². The summed E-state index contributed by atoms with van der Waals surface area (Å²) in [6, 6.07) is 3.29. The predicted molar refractivity (Wildman–Crippen MR) is 75.1 cm³/mol. The van der Waals surface area contributed by atoms with Crippen molar-refractivity contribution in [3.63, 3.8) is 0 Å². The third-order valence-corrected chi connectivity index (χ3v) is 4.27. The minimum Gasteiger partial charge on any atom is -0.388 e. The summed E-state index contributed by atoms with van der Waals surface area (Å²) in [5, 5.41) is 18.5. The second kappa shape index (κ2) is 5.25. The highest BCUT2D eigenvalue weighted by Crippen LogP contribution is 2.29. The zero-order valence-electron chi connectivity index (χ0n) is 11.8. The first-order valence-electron chi connectivity index (χ1n) is 7.62. The lowest BCUT2D eigenvalue weighted by atomic mass is 10.0. The molecule has 1 aromatic rings.